The van der Waals surface area contributed by atoms with Crippen molar-refractivity contribution in [1.82, 2.24) is 4.98 Å². The maximum atomic E-state index is 5.17. The topological polar surface area (TPSA) is 31.4 Å². The number of rotatable bonds is 2. The van der Waals surface area contributed by atoms with Crippen molar-refractivity contribution in [3.05, 3.63) is 17.3 Å². The van der Waals surface area contributed by atoms with E-state index in [9.17, 15) is 0 Å². The second kappa shape index (κ2) is 3.43. The number of aryl methyl sites for hydroxylation is 1. The summed E-state index contributed by atoms with van der Waals surface area (Å²) in [6, 6.07) is 0. The number of hydrogen-bond acceptors (Lipinski definition) is 3. The molecule has 1 rings (SSSR count). The smallest absolute Gasteiger partial charge is 0.220 e. The average molecular weight is 166 g/mol. The first-order valence-electron chi connectivity index (χ1n) is 3.67. The zero-order valence-electron chi connectivity index (χ0n) is 7.76. The predicted molar refractivity (Wildman–Crippen MR) is 45.7 cm³/mol. The van der Waals surface area contributed by atoms with Gasteiger partial charge in [-0.15, -0.1) is 0 Å². The second-order valence-corrected chi connectivity index (χ2v) is 2.52. The summed E-state index contributed by atoms with van der Waals surface area (Å²) in [6.07, 6.45) is 2.81. The third-order valence-corrected chi connectivity index (χ3v) is 1.72. The van der Waals surface area contributed by atoms with Crippen molar-refractivity contribution in [2.75, 3.05) is 14.2 Å². The van der Waals surface area contributed by atoms with Gasteiger partial charge >= 0.3 is 0 Å². The minimum Gasteiger partial charge on any atom is -0.496 e. The molecule has 1 radical (unpaired) electrons. The molecule has 1 aromatic rings. The molecule has 65 valence electrons. The molecule has 1 aromatic heterocycles. The Morgan fingerprint density at radius 3 is 2.33 bits per heavy atom. The Morgan fingerprint density at radius 1 is 1.17 bits per heavy atom. The zero-order valence-corrected chi connectivity index (χ0v) is 7.76. The van der Waals surface area contributed by atoms with Crippen LogP contribution in [0.1, 0.15) is 11.1 Å². The lowest BCUT2D eigenvalue weighted by Gasteiger charge is -2.09. The van der Waals surface area contributed by atoms with Crippen LogP contribution in [0, 0.1) is 20.0 Å². The van der Waals surface area contributed by atoms with Gasteiger partial charge < -0.3 is 9.47 Å². The van der Waals surface area contributed by atoms with Gasteiger partial charge in [0, 0.05) is 5.56 Å². The molecule has 0 unspecified atom stereocenters. The largest absolute Gasteiger partial charge is 0.496 e. The van der Waals surface area contributed by atoms with Gasteiger partial charge in [0.25, 0.3) is 0 Å². The molecule has 3 nitrogen and oxygen atoms in total. The number of ether oxygens (including phenoxy) is 2. The SMILES string of the molecule is COc1n[c]c(C)c(OC)c1C. The summed E-state index contributed by atoms with van der Waals surface area (Å²) < 4.78 is 10.2. The summed E-state index contributed by atoms with van der Waals surface area (Å²) in [5, 5.41) is 0. The van der Waals surface area contributed by atoms with Crippen molar-refractivity contribution in [2.45, 2.75) is 13.8 Å². The molecule has 0 spiro atoms. The fraction of sp³-hybridized carbons (Fsp3) is 0.444. The maximum Gasteiger partial charge on any atom is 0.220 e. The third kappa shape index (κ3) is 1.35. The van der Waals surface area contributed by atoms with Crippen LogP contribution in [0.3, 0.4) is 0 Å². The predicted octanol–water partition coefficient (Wildman–Crippen LogP) is 1.52. The Morgan fingerprint density at radius 2 is 1.83 bits per heavy atom. The quantitative estimate of drug-likeness (QED) is 0.667. The first-order chi connectivity index (χ1) is 5.70. The molecule has 0 amide bonds. The molecular formula is C9H12NO2. The number of pyridine rings is 1. The minimum atomic E-state index is 0.567. The van der Waals surface area contributed by atoms with Crippen LogP contribution >= 0.6 is 0 Å². The normalized spacial score (nSPS) is 9.67. The van der Waals surface area contributed by atoms with Crippen LogP contribution in [0.25, 0.3) is 0 Å². The van der Waals surface area contributed by atoms with Gasteiger partial charge in [-0.3, -0.25) is 0 Å². The van der Waals surface area contributed by atoms with Crippen molar-refractivity contribution >= 4 is 0 Å². The van der Waals surface area contributed by atoms with Crippen LogP contribution < -0.4 is 9.47 Å². The van der Waals surface area contributed by atoms with E-state index in [2.05, 4.69) is 11.2 Å². The number of methoxy groups -OCH3 is 2. The Balaban J connectivity index is 3.24. The molecule has 0 bridgehead atoms. The van der Waals surface area contributed by atoms with E-state index in [-0.39, 0.29) is 0 Å². The third-order valence-electron chi connectivity index (χ3n) is 1.72. The van der Waals surface area contributed by atoms with E-state index in [1.807, 2.05) is 13.8 Å². The van der Waals surface area contributed by atoms with Gasteiger partial charge in [-0.25, -0.2) is 4.98 Å². The van der Waals surface area contributed by atoms with Crippen LogP contribution in [0.4, 0.5) is 0 Å². The molecule has 0 N–H and O–H groups in total. The Bertz CT molecular complexity index is 284. The Hall–Kier alpha value is -1.25. The highest BCUT2D eigenvalue weighted by molar-refractivity contribution is 5.43. The van der Waals surface area contributed by atoms with Crippen LogP contribution in [-0.2, 0) is 0 Å². The van der Waals surface area contributed by atoms with E-state index >= 15 is 0 Å². The first kappa shape index (κ1) is 8.84. The summed E-state index contributed by atoms with van der Waals surface area (Å²) in [6.45, 7) is 3.81. The van der Waals surface area contributed by atoms with Crippen LogP contribution in [0.2, 0.25) is 0 Å². The van der Waals surface area contributed by atoms with Crippen LogP contribution in [0.15, 0.2) is 0 Å². The van der Waals surface area contributed by atoms with E-state index in [1.54, 1.807) is 14.2 Å². The number of hydrogen-bond donors (Lipinski definition) is 0. The highest BCUT2D eigenvalue weighted by Gasteiger charge is 2.08. The van der Waals surface area contributed by atoms with Gasteiger partial charge in [-0.05, 0) is 13.8 Å². The molecule has 0 aliphatic heterocycles. The minimum absolute atomic E-state index is 0.567. The van der Waals surface area contributed by atoms with Gasteiger partial charge in [0.2, 0.25) is 5.88 Å². The van der Waals surface area contributed by atoms with E-state index in [4.69, 9.17) is 9.47 Å². The first-order valence-corrected chi connectivity index (χ1v) is 3.67. The van der Waals surface area contributed by atoms with Crippen molar-refractivity contribution in [1.29, 1.82) is 0 Å². The molecule has 1 heterocycles. The molecule has 0 aromatic carbocycles. The number of aromatic nitrogens is 1. The highest BCUT2D eigenvalue weighted by Crippen LogP contribution is 2.27. The van der Waals surface area contributed by atoms with Gasteiger partial charge in [-0.1, -0.05) is 0 Å². The van der Waals surface area contributed by atoms with Crippen LogP contribution in [-0.4, -0.2) is 19.2 Å². The van der Waals surface area contributed by atoms with Crippen molar-refractivity contribution in [2.24, 2.45) is 0 Å². The molecule has 0 fully saturated rings. The summed E-state index contributed by atoms with van der Waals surface area (Å²) in [4.78, 5) is 3.98. The van der Waals surface area contributed by atoms with Crippen LogP contribution in [0.5, 0.6) is 11.6 Å². The van der Waals surface area contributed by atoms with Gasteiger partial charge in [0.05, 0.1) is 26.0 Å². The monoisotopic (exact) mass is 166 g/mol. The number of nitrogens with zero attached hydrogens (tertiary/aromatic N) is 1. The lowest BCUT2D eigenvalue weighted by atomic mass is 10.2. The standard InChI is InChI=1S/C9H12NO2/c1-6-5-10-9(12-4)7(2)8(6)11-3/h1-4H3. The molecule has 3 heteroatoms. The molecule has 0 aliphatic carbocycles. The van der Waals surface area contributed by atoms with Crippen molar-refractivity contribution in [3.8, 4) is 11.6 Å². The molecular weight excluding hydrogens is 154 g/mol. The van der Waals surface area contributed by atoms with Gasteiger partial charge in [0.15, 0.2) is 0 Å². The van der Waals surface area contributed by atoms with E-state index in [0.29, 0.717) is 5.88 Å². The van der Waals surface area contributed by atoms with Gasteiger partial charge in [-0.2, -0.15) is 0 Å². The summed E-state index contributed by atoms with van der Waals surface area (Å²) in [5.41, 5.74) is 1.81. The molecule has 0 aliphatic rings. The lowest BCUT2D eigenvalue weighted by Crippen LogP contribution is -1.97. The second-order valence-electron chi connectivity index (χ2n) is 2.52. The average Bonchev–Trinajstić information content (AvgIpc) is 2.06. The molecule has 0 saturated carbocycles. The van der Waals surface area contributed by atoms with E-state index in [1.165, 1.54) is 0 Å². The molecule has 0 saturated heterocycles. The van der Waals surface area contributed by atoms with E-state index in [0.717, 1.165) is 16.9 Å². The summed E-state index contributed by atoms with van der Waals surface area (Å²) in [7, 11) is 3.21. The van der Waals surface area contributed by atoms with Crippen molar-refractivity contribution in [3.63, 3.8) is 0 Å². The maximum absolute atomic E-state index is 5.17. The zero-order chi connectivity index (χ0) is 9.14. The molecule has 12 heavy (non-hydrogen) atoms. The summed E-state index contributed by atoms with van der Waals surface area (Å²) in [5.74, 6) is 1.36. The van der Waals surface area contributed by atoms with Gasteiger partial charge in [0.1, 0.15) is 5.75 Å². The van der Waals surface area contributed by atoms with E-state index < -0.39 is 0 Å². The molecule has 0 atom stereocenters. The fourth-order valence-electron chi connectivity index (χ4n) is 1.15. The highest BCUT2D eigenvalue weighted by atomic mass is 16.5. The Labute approximate surface area is 72.3 Å². The lowest BCUT2D eigenvalue weighted by molar-refractivity contribution is 0.374. The summed E-state index contributed by atoms with van der Waals surface area (Å²) >= 11 is 0. The van der Waals surface area contributed by atoms with Crippen molar-refractivity contribution < 1.29 is 9.47 Å². The Kier molecular flexibility index (Phi) is 2.53. The fourth-order valence-corrected chi connectivity index (χ4v) is 1.15.